The maximum absolute atomic E-state index is 13.5. The van der Waals surface area contributed by atoms with Gasteiger partial charge < -0.3 is 30.7 Å². The van der Waals surface area contributed by atoms with Gasteiger partial charge in [-0.15, -0.1) is 0 Å². The smallest absolute Gasteiger partial charge is 0.326 e. The first-order valence-electron chi connectivity index (χ1n) is 17.5. The first kappa shape index (κ1) is 37.7. The summed E-state index contributed by atoms with van der Waals surface area (Å²) >= 11 is 0. The lowest BCUT2D eigenvalue weighted by atomic mass is 9.45. The molecule has 0 heterocycles. The van der Waals surface area contributed by atoms with Gasteiger partial charge in [0.05, 0.1) is 12.5 Å². The van der Waals surface area contributed by atoms with Crippen molar-refractivity contribution in [2.45, 2.75) is 130 Å². The van der Waals surface area contributed by atoms with Crippen molar-refractivity contribution >= 4 is 35.3 Å². The largest absolute Gasteiger partial charge is 0.480 e. The van der Waals surface area contributed by atoms with Crippen molar-refractivity contribution in [2.24, 2.45) is 40.4 Å². The summed E-state index contributed by atoms with van der Waals surface area (Å²) in [7, 11) is 0. The zero-order valence-electron chi connectivity index (χ0n) is 29.2. The fraction of sp³-hybridized carbons (Fsp3) is 0.778. The summed E-state index contributed by atoms with van der Waals surface area (Å²) in [5.41, 5.74) is -1.90. The van der Waals surface area contributed by atoms with E-state index < -0.39 is 65.3 Å². The van der Waals surface area contributed by atoms with Gasteiger partial charge in [0, 0.05) is 18.3 Å². The number of nitrogens with one attached hydrogen (secondary N) is 2. The van der Waals surface area contributed by atoms with Gasteiger partial charge >= 0.3 is 11.9 Å². The molecule has 4 rings (SSSR count). The molecular formula is C36H54N2O10. The number of ether oxygens (including phenoxy) is 1. The Kier molecular flexibility index (Phi) is 11.3. The second-order valence-corrected chi connectivity index (χ2v) is 15.9. The highest BCUT2D eigenvalue weighted by molar-refractivity contribution is 5.93. The maximum atomic E-state index is 13.5. The molecule has 3 saturated carbocycles. The number of aliphatic hydroxyl groups excluding tert-OH is 1. The monoisotopic (exact) mass is 674 g/mol. The summed E-state index contributed by atoms with van der Waals surface area (Å²) in [4.78, 5) is 75.4. The van der Waals surface area contributed by atoms with E-state index in [1.807, 2.05) is 20.8 Å². The molecule has 0 aromatic carbocycles. The highest BCUT2D eigenvalue weighted by Gasteiger charge is 2.68. The van der Waals surface area contributed by atoms with Gasteiger partial charge in [-0.05, 0) is 86.0 Å². The predicted molar refractivity (Wildman–Crippen MR) is 174 cm³/mol. The third kappa shape index (κ3) is 7.25. The van der Waals surface area contributed by atoms with Crippen molar-refractivity contribution in [1.82, 2.24) is 10.6 Å². The van der Waals surface area contributed by atoms with Gasteiger partial charge in [0.1, 0.15) is 17.7 Å². The number of hydrogen-bond acceptors (Lipinski definition) is 9. The van der Waals surface area contributed by atoms with Crippen molar-refractivity contribution in [3.05, 3.63) is 11.6 Å². The Hall–Kier alpha value is -3.12. The molecule has 0 unspecified atom stereocenters. The highest BCUT2D eigenvalue weighted by Crippen LogP contribution is 2.67. The molecule has 0 radical (unpaired) electrons. The van der Waals surface area contributed by atoms with E-state index in [2.05, 4.69) is 17.6 Å². The minimum Gasteiger partial charge on any atom is -0.480 e. The zero-order valence-corrected chi connectivity index (χ0v) is 29.2. The fourth-order valence-corrected chi connectivity index (χ4v) is 9.44. The number of aliphatic hydroxyl groups is 2. The van der Waals surface area contributed by atoms with E-state index in [1.165, 1.54) is 0 Å². The van der Waals surface area contributed by atoms with E-state index in [-0.39, 0.29) is 72.9 Å². The van der Waals surface area contributed by atoms with Gasteiger partial charge in [-0.25, -0.2) is 4.79 Å². The number of allylic oxidation sites excluding steroid dienone is 1. The Bertz CT molecular complexity index is 1340. The molecule has 48 heavy (non-hydrogen) atoms. The molecule has 0 aliphatic heterocycles. The van der Waals surface area contributed by atoms with Crippen LogP contribution in [0.25, 0.3) is 0 Å². The number of carbonyl (C=O) groups excluding carboxylic acids is 5. The van der Waals surface area contributed by atoms with E-state index in [0.29, 0.717) is 19.3 Å². The van der Waals surface area contributed by atoms with Crippen molar-refractivity contribution in [3.63, 3.8) is 0 Å². The molecular weight excluding hydrogens is 620 g/mol. The number of rotatable bonds is 13. The average molecular weight is 675 g/mol. The summed E-state index contributed by atoms with van der Waals surface area (Å²) in [6, 6.07) is -2.12. The molecule has 0 spiro atoms. The van der Waals surface area contributed by atoms with E-state index in [9.17, 15) is 44.1 Å². The quantitative estimate of drug-likeness (QED) is 0.181. The third-order valence-corrected chi connectivity index (χ3v) is 12.0. The fourth-order valence-electron chi connectivity index (χ4n) is 9.44. The summed E-state index contributed by atoms with van der Waals surface area (Å²) in [5, 5.41) is 38.0. The van der Waals surface area contributed by atoms with Gasteiger partial charge in [0.25, 0.3) is 0 Å². The number of hydrogen-bond donors (Lipinski definition) is 5. The zero-order chi connectivity index (χ0) is 35.8. The van der Waals surface area contributed by atoms with Crippen LogP contribution in [0.4, 0.5) is 0 Å². The molecule has 4 aliphatic rings. The molecule has 268 valence electrons. The second kappa shape index (κ2) is 14.4. The highest BCUT2D eigenvalue weighted by atomic mass is 16.5. The second-order valence-electron chi connectivity index (χ2n) is 15.9. The average Bonchev–Trinajstić information content (AvgIpc) is 3.27. The summed E-state index contributed by atoms with van der Waals surface area (Å²) in [6.45, 7) is 10.4. The minimum absolute atomic E-state index is 0.0162. The first-order chi connectivity index (χ1) is 22.3. The predicted octanol–water partition coefficient (Wildman–Crippen LogP) is 2.87. The molecule has 9 atom stereocenters. The van der Waals surface area contributed by atoms with Gasteiger partial charge in [-0.2, -0.15) is 0 Å². The first-order valence-corrected chi connectivity index (χ1v) is 17.5. The number of fused-ring (bicyclic) bond motifs is 5. The van der Waals surface area contributed by atoms with Crippen LogP contribution in [0.3, 0.4) is 0 Å². The Morgan fingerprint density at radius 1 is 1.00 bits per heavy atom. The number of carbonyl (C=O) groups is 6. The number of esters is 1. The van der Waals surface area contributed by atoms with Crippen LogP contribution in [0.2, 0.25) is 0 Å². The number of aliphatic carboxylic acids is 1. The SMILES string of the molecule is CC(C)C[C@H](NC(=O)[C@H](NC(=O)CCC(=O)OCC(=O)[C@@]1(O)CC[C@H]2[C@@H]3CCC4=CC(=O)CC[C@]4(C)[C@H]3[C@@H](O)C[C@@]21C)C(C)C)C(=O)O. The lowest BCUT2D eigenvalue weighted by Crippen LogP contribution is -2.62. The molecule has 12 heteroatoms. The normalized spacial score (nSPS) is 33.9. The summed E-state index contributed by atoms with van der Waals surface area (Å²) < 4.78 is 5.23. The third-order valence-electron chi connectivity index (χ3n) is 12.0. The molecule has 0 aromatic heterocycles. The van der Waals surface area contributed by atoms with Crippen LogP contribution < -0.4 is 10.6 Å². The summed E-state index contributed by atoms with van der Waals surface area (Å²) in [6.07, 6.45) is 4.21. The van der Waals surface area contributed by atoms with Crippen LogP contribution in [0.1, 0.15) is 106 Å². The summed E-state index contributed by atoms with van der Waals surface area (Å²) in [5.74, 6) is -4.07. The number of carboxylic acid groups (broad SMARTS) is 1. The van der Waals surface area contributed by atoms with Crippen molar-refractivity contribution in [1.29, 1.82) is 0 Å². The maximum Gasteiger partial charge on any atom is 0.326 e. The van der Waals surface area contributed by atoms with Crippen LogP contribution in [-0.4, -0.2) is 81.0 Å². The molecule has 3 fully saturated rings. The Labute approximate surface area is 282 Å². The van der Waals surface area contributed by atoms with E-state index in [1.54, 1.807) is 19.9 Å². The number of Topliss-reactive ketones (excluding diaryl/α,β-unsaturated/α-hetero) is 1. The molecule has 5 N–H and O–H groups in total. The van der Waals surface area contributed by atoms with E-state index in [0.717, 1.165) is 18.4 Å². The molecule has 2 amide bonds. The Morgan fingerprint density at radius 2 is 1.69 bits per heavy atom. The molecule has 12 nitrogen and oxygen atoms in total. The number of ketones is 2. The van der Waals surface area contributed by atoms with Crippen molar-refractivity contribution < 1.29 is 48.8 Å². The number of amides is 2. The van der Waals surface area contributed by atoms with E-state index >= 15 is 0 Å². The standard InChI is InChI=1S/C36H54N2O10/c1-19(2)15-25(33(45)46)37-32(44)31(20(3)4)38-28(42)9-10-29(43)48-18-27(41)36(47)14-12-24-23-8-7-21-16-22(39)11-13-34(21,5)30(23)26(40)17-35(24,36)6/h16,19-20,23-26,30-31,40,47H,7-15,17-18H2,1-6H3,(H,37,44)(H,38,42)(H,45,46)/t23-,24-,25-,26-,30+,31+,34-,35-,36-/m0/s1. The van der Waals surface area contributed by atoms with Crippen LogP contribution in [0.15, 0.2) is 11.6 Å². The van der Waals surface area contributed by atoms with Gasteiger partial charge in [-0.3, -0.25) is 24.0 Å². The van der Waals surface area contributed by atoms with Gasteiger partial charge in [0.2, 0.25) is 17.6 Å². The van der Waals surface area contributed by atoms with Crippen LogP contribution in [-0.2, 0) is 33.5 Å². The Morgan fingerprint density at radius 3 is 2.31 bits per heavy atom. The van der Waals surface area contributed by atoms with Crippen molar-refractivity contribution in [2.75, 3.05) is 6.61 Å². The van der Waals surface area contributed by atoms with Gasteiger partial charge in [-0.1, -0.05) is 47.1 Å². The van der Waals surface area contributed by atoms with Crippen LogP contribution >= 0.6 is 0 Å². The molecule has 0 saturated heterocycles. The van der Waals surface area contributed by atoms with Crippen LogP contribution in [0, 0.1) is 40.4 Å². The lowest BCUT2D eigenvalue weighted by molar-refractivity contribution is -0.184. The number of carboxylic acids is 1. The minimum atomic E-state index is -1.79. The molecule has 0 aromatic rings. The lowest BCUT2D eigenvalue weighted by Gasteiger charge is -2.60. The Balaban J connectivity index is 1.32. The molecule has 4 aliphatic carbocycles. The topological polar surface area (TPSA) is 196 Å². The van der Waals surface area contributed by atoms with Crippen molar-refractivity contribution in [3.8, 4) is 0 Å². The van der Waals surface area contributed by atoms with E-state index in [4.69, 9.17) is 4.74 Å². The van der Waals surface area contributed by atoms with Gasteiger partial charge in [0.15, 0.2) is 12.4 Å². The molecule has 0 bridgehead atoms. The van der Waals surface area contributed by atoms with Crippen LogP contribution in [0.5, 0.6) is 0 Å².